The molecule has 2 rings (SSSR count). The molecule has 16 heavy (non-hydrogen) atoms. The summed E-state index contributed by atoms with van der Waals surface area (Å²) >= 11 is 0. The molecule has 1 fully saturated rings. The van der Waals surface area contributed by atoms with Crippen molar-refractivity contribution in [1.82, 2.24) is 20.0 Å². The van der Waals surface area contributed by atoms with Gasteiger partial charge < -0.3 is 10.2 Å². The molecule has 1 aromatic heterocycles. The van der Waals surface area contributed by atoms with E-state index in [4.69, 9.17) is 0 Å². The number of nitrogens with one attached hydrogen (secondary N) is 1. The van der Waals surface area contributed by atoms with Gasteiger partial charge in [-0.1, -0.05) is 0 Å². The van der Waals surface area contributed by atoms with E-state index >= 15 is 0 Å². The summed E-state index contributed by atoms with van der Waals surface area (Å²) in [6, 6.07) is 2.95. The van der Waals surface area contributed by atoms with Crippen LogP contribution in [0.1, 0.15) is 25.5 Å². The molecule has 1 aliphatic carbocycles. The fourth-order valence-corrected chi connectivity index (χ4v) is 1.96. The van der Waals surface area contributed by atoms with E-state index in [9.17, 15) is 0 Å². The Kier molecular flexibility index (Phi) is 3.96. The molecule has 0 aliphatic heterocycles. The van der Waals surface area contributed by atoms with E-state index in [1.54, 1.807) is 0 Å². The third kappa shape index (κ3) is 3.06. The normalized spacial score (nSPS) is 15.9. The first-order chi connectivity index (χ1) is 7.81. The molecule has 1 aromatic rings. The van der Waals surface area contributed by atoms with Crippen molar-refractivity contribution in [2.75, 3.05) is 20.1 Å². The van der Waals surface area contributed by atoms with E-state index in [0.717, 1.165) is 32.2 Å². The van der Waals surface area contributed by atoms with Crippen LogP contribution in [0.5, 0.6) is 0 Å². The Hall–Kier alpha value is -0.870. The summed E-state index contributed by atoms with van der Waals surface area (Å²) in [6.45, 7) is 6.20. The lowest BCUT2D eigenvalue weighted by atomic mass is 10.4. The Labute approximate surface area is 97.6 Å². The van der Waals surface area contributed by atoms with Crippen LogP contribution in [0.15, 0.2) is 12.3 Å². The Balaban J connectivity index is 1.63. The van der Waals surface area contributed by atoms with Crippen LogP contribution in [0.4, 0.5) is 0 Å². The molecule has 0 unspecified atom stereocenters. The molecule has 4 nitrogen and oxygen atoms in total. The smallest absolute Gasteiger partial charge is 0.0521 e. The van der Waals surface area contributed by atoms with Crippen molar-refractivity contribution in [3.63, 3.8) is 0 Å². The lowest BCUT2D eigenvalue weighted by Crippen LogP contribution is -2.30. The van der Waals surface area contributed by atoms with Crippen LogP contribution in [0.3, 0.4) is 0 Å². The van der Waals surface area contributed by atoms with Crippen LogP contribution >= 0.6 is 0 Å². The zero-order chi connectivity index (χ0) is 11.4. The van der Waals surface area contributed by atoms with Crippen LogP contribution in [-0.4, -0.2) is 40.9 Å². The fourth-order valence-electron chi connectivity index (χ4n) is 1.96. The summed E-state index contributed by atoms with van der Waals surface area (Å²) in [7, 11) is 2.22. The van der Waals surface area contributed by atoms with Gasteiger partial charge in [0.25, 0.3) is 0 Å². The fraction of sp³-hybridized carbons (Fsp3) is 0.750. The lowest BCUT2D eigenvalue weighted by Gasteiger charge is -2.15. The molecule has 0 bridgehead atoms. The first-order valence-corrected chi connectivity index (χ1v) is 6.23. The molecule has 1 N–H and O–H groups in total. The average molecular weight is 222 g/mol. The van der Waals surface area contributed by atoms with Gasteiger partial charge in [0, 0.05) is 38.4 Å². The number of hydrogen-bond donors (Lipinski definition) is 1. The number of hydrogen-bond acceptors (Lipinski definition) is 3. The Bertz CT molecular complexity index is 317. The highest BCUT2D eigenvalue weighted by molar-refractivity contribution is 4.99. The highest BCUT2D eigenvalue weighted by Gasteiger charge is 2.25. The van der Waals surface area contributed by atoms with Gasteiger partial charge in [0.05, 0.1) is 5.69 Å². The Morgan fingerprint density at radius 1 is 1.56 bits per heavy atom. The van der Waals surface area contributed by atoms with Crippen molar-refractivity contribution >= 4 is 0 Å². The van der Waals surface area contributed by atoms with E-state index < -0.39 is 0 Å². The first kappa shape index (κ1) is 11.6. The van der Waals surface area contributed by atoms with Crippen LogP contribution in [0.25, 0.3) is 0 Å². The first-order valence-electron chi connectivity index (χ1n) is 6.23. The van der Waals surface area contributed by atoms with Gasteiger partial charge in [0.15, 0.2) is 0 Å². The molecule has 0 saturated heterocycles. The molecule has 1 saturated carbocycles. The van der Waals surface area contributed by atoms with Gasteiger partial charge in [-0.15, -0.1) is 0 Å². The maximum Gasteiger partial charge on any atom is 0.0521 e. The molecule has 0 atom stereocenters. The number of likely N-dealkylation sites (N-methyl/N-ethyl adjacent to an activating group) is 1. The molecule has 4 heteroatoms. The van der Waals surface area contributed by atoms with Crippen molar-refractivity contribution in [2.24, 2.45) is 0 Å². The molecule has 0 aromatic carbocycles. The molecule has 0 spiro atoms. The van der Waals surface area contributed by atoms with Crippen molar-refractivity contribution in [2.45, 2.75) is 38.9 Å². The zero-order valence-corrected chi connectivity index (χ0v) is 10.3. The monoisotopic (exact) mass is 222 g/mol. The van der Waals surface area contributed by atoms with Crippen molar-refractivity contribution in [1.29, 1.82) is 0 Å². The molecule has 1 heterocycles. The van der Waals surface area contributed by atoms with Gasteiger partial charge in [-0.2, -0.15) is 5.10 Å². The minimum Gasteiger partial charge on any atom is -0.310 e. The second kappa shape index (κ2) is 5.46. The maximum atomic E-state index is 4.25. The van der Waals surface area contributed by atoms with Crippen LogP contribution in [0, 0.1) is 0 Å². The van der Waals surface area contributed by atoms with Gasteiger partial charge in [-0.3, -0.25) is 4.68 Å². The van der Waals surface area contributed by atoms with E-state index in [0.29, 0.717) is 0 Å². The van der Waals surface area contributed by atoms with Crippen molar-refractivity contribution in [3.8, 4) is 0 Å². The second-order valence-corrected chi connectivity index (χ2v) is 4.53. The van der Waals surface area contributed by atoms with Crippen LogP contribution in [-0.2, 0) is 13.1 Å². The van der Waals surface area contributed by atoms with Gasteiger partial charge >= 0.3 is 0 Å². The topological polar surface area (TPSA) is 33.1 Å². The molecule has 0 radical (unpaired) electrons. The number of aromatic nitrogens is 2. The standard InChI is InChI=1S/C12H22N4/c1-3-16-12(6-7-14-16)10-13-8-9-15(2)11-4-5-11/h6-7,11,13H,3-5,8-10H2,1-2H3. The SMILES string of the molecule is CCn1nccc1CNCCN(C)C1CC1. The van der Waals surface area contributed by atoms with E-state index in [-0.39, 0.29) is 0 Å². The average Bonchev–Trinajstić information content (AvgIpc) is 3.04. The van der Waals surface area contributed by atoms with Gasteiger partial charge in [0.2, 0.25) is 0 Å². The van der Waals surface area contributed by atoms with Crippen LogP contribution in [0.2, 0.25) is 0 Å². The number of aryl methyl sites for hydroxylation is 1. The molecule has 0 amide bonds. The predicted octanol–water partition coefficient (Wildman–Crippen LogP) is 1.09. The summed E-state index contributed by atoms with van der Waals surface area (Å²) in [4.78, 5) is 2.45. The van der Waals surface area contributed by atoms with Gasteiger partial charge in [-0.25, -0.2) is 0 Å². The third-order valence-corrected chi connectivity index (χ3v) is 3.22. The number of nitrogens with zero attached hydrogens (tertiary/aromatic N) is 3. The zero-order valence-electron chi connectivity index (χ0n) is 10.3. The highest BCUT2D eigenvalue weighted by Crippen LogP contribution is 2.24. The highest BCUT2D eigenvalue weighted by atomic mass is 15.3. The summed E-state index contributed by atoms with van der Waals surface area (Å²) in [5.74, 6) is 0. The molecular formula is C12H22N4. The summed E-state index contributed by atoms with van der Waals surface area (Å²) in [5.41, 5.74) is 1.27. The summed E-state index contributed by atoms with van der Waals surface area (Å²) in [6.07, 6.45) is 4.65. The number of rotatable bonds is 7. The largest absolute Gasteiger partial charge is 0.310 e. The lowest BCUT2D eigenvalue weighted by molar-refractivity contribution is 0.321. The minimum atomic E-state index is 0.864. The summed E-state index contributed by atoms with van der Waals surface area (Å²) in [5, 5.41) is 7.73. The Morgan fingerprint density at radius 2 is 2.38 bits per heavy atom. The van der Waals surface area contributed by atoms with Gasteiger partial charge in [-0.05, 0) is 32.9 Å². The summed E-state index contributed by atoms with van der Waals surface area (Å²) < 4.78 is 2.04. The van der Waals surface area contributed by atoms with Crippen molar-refractivity contribution in [3.05, 3.63) is 18.0 Å². The minimum absolute atomic E-state index is 0.864. The van der Waals surface area contributed by atoms with Crippen LogP contribution < -0.4 is 5.32 Å². The molecular weight excluding hydrogens is 200 g/mol. The van der Waals surface area contributed by atoms with E-state index in [1.807, 2.05) is 10.9 Å². The van der Waals surface area contributed by atoms with Crippen molar-refractivity contribution < 1.29 is 0 Å². The van der Waals surface area contributed by atoms with E-state index in [1.165, 1.54) is 18.5 Å². The maximum absolute atomic E-state index is 4.25. The Morgan fingerprint density at radius 3 is 3.06 bits per heavy atom. The predicted molar refractivity (Wildman–Crippen MR) is 65.3 cm³/mol. The molecule has 1 aliphatic rings. The van der Waals surface area contributed by atoms with Gasteiger partial charge in [0.1, 0.15) is 0 Å². The second-order valence-electron chi connectivity index (χ2n) is 4.53. The quantitative estimate of drug-likeness (QED) is 0.701. The third-order valence-electron chi connectivity index (χ3n) is 3.22. The van der Waals surface area contributed by atoms with E-state index in [2.05, 4.69) is 35.4 Å². The molecule has 90 valence electrons.